The minimum absolute atomic E-state index is 0.0530. The first kappa shape index (κ1) is 24.8. The van der Waals surface area contributed by atoms with Crippen LogP contribution in [0.3, 0.4) is 0 Å². The number of carbonyl (C=O) groups is 1. The SMILES string of the molecule is COc1cc(/C=C(\Sc2n[nH]c(-c3ccc(Cl)cc3)n2)C(=O)O)ccc1OCc1ccc(Br)cc1. The lowest BCUT2D eigenvalue weighted by Gasteiger charge is -2.12. The molecule has 1 aromatic heterocycles. The van der Waals surface area contributed by atoms with Crippen LogP contribution in [-0.4, -0.2) is 33.4 Å². The third-order valence-corrected chi connectivity index (χ3v) is 6.45. The van der Waals surface area contributed by atoms with Crippen molar-refractivity contribution < 1.29 is 19.4 Å². The predicted octanol–water partition coefficient (Wildman–Crippen LogP) is 6.69. The molecule has 0 fully saturated rings. The van der Waals surface area contributed by atoms with Gasteiger partial charge < -0.3 is 14.6 Å². The van der Waals surface area contributed by atoms with Crippen molar-refractivity contribution >= 4 is 51.3 Å². The molecule has 4 rings (SSSR count). The number of rotatable bonds is 9. The van der Waals surface area contributed by atoms with Gasteiger partial charge in [-0.15, -0.1) is 5.10 Å². The Bertz CT molecular complexity index is 1360. The third kappa shape index (κ3) is 6.66. The maximum Gasteiger partial charge on any atom is 0.342 e. The molecule has 0 amide bonds. The zero-order chi connectivity index (χ0) is 24.8. The van der Waals surface area contributed by atoms with Crippen LogP contribution >= 0.6 is 39.3 Å². The molecule has 7 nitrogen and oxygen atoms in total. The summed E-state index contributed by atoms with van der Waals surface area (Å²) in [6, 6.07) is 20.1. The summed E-state index contributed by atoms with van der Waals surface area (Å²) in [5.41, 5.74) is 2.43. The fourth-order valence-electron chi connectivity index (χ4n) is 3.05. The molecule has 0 spiro atoms. The van der Waals surface area contributed by atoms with Gasteiger partial charge in [-0.3, -0.25) is 5.10 Å². The molecule has 0 saturated heterocycles. The number of methoxy groups -OCH3 is 1. The molecule has 0 radical (unpaired) electrons. The Labute approximate surface area is 219 Å². The van der Waals surface area contributed by atoms with Gasteiger partial charge in [-0.05, 0) is 77.5 Å². The molecule has 0 unspecified atom stereocenters. The van der Waals surface area contributed by atoms with Crippen molar-refractivity contribution in [1.29, 1.82) is 0 Å². The molecule has 1 heterocycles. The van der Waals surface area contributed by atoms with E-state index < -0.39 is 5.97 Å². The van der Waals surface area contributed by atoms with E-state index in [1.807, 2.05) is 24.3 Å². The van der Waals surface area contributed by atoms with E-state index in [9.17, 15) is 9.90 Å². The Kier molecular flexibility index (Phi) is 8.12. The fourth-order valence-corrected chi connectivity index (χ4v) is 4.15. The van der Waals surface area contributed by atoms with Crippen molar-refractivity contribution in [3.63, 3.8) is 0 Å². The summed E-state index contributed by atoms with van der Waals surface area (Å²) in [6.45, 7) is 0.371. The number of carboxylic acid groups (broad SMARTS) is 1. The Morgan fingerprint density at radius 2 is 1.86 bits per heavy atom. The molecule has 178 valence electrons. The van der Waals surface area contributed by atoms with Gasteiger partial charge in [0.2, 0.25) is 5.16 Å². The number of ether oxygens (including phenoxy) is 2. The average Bonchev–Trinajstić information content (AvgIpc) is 3.32. The van der Waals surface area contributed by atoms with Gasteiger partial charge in [0.1, 0.15) is 11.5 Å². The van der Waals surface area contributed by atoms with E-state index in [2.05, 4.69) is 31.1 Å². The van der Waals surface area contributed by atoms with Gasteiger partial charge in [0, 0.05) is 15.1 Å². The number of thioether (sulfide) groups is 1. The molecule has 0 aliphatic heterocycles. The van der Waals surface area contributed by atoms with E-state index in [0.29, 0.717) is 34.5 Å². The van der Waals surface area contributed by atoms with E-state index in [1.54, 1.807) is 42.5 Å². The second kappa shape index (κ2) is 11.4. The number of hydrogen-bond donors (Lipinski definition) is 2. The van der Waals surface area contributed by atoms with E-state index in [0.717, 1.165) is 27.4 Å². The molecular formula is C25H19BrClN3O4S. The van der Waals surface area contributed by atoms with Crippen molar-refractivity contribution in [2.24, 2.45) is 0 Å². The highest BCUT2D eigenvalue weighted by molar-refractivity contribution is 9.10. The smallest absolute Gasteiger partial charge is 0.342 e. The van der Waals surface area contributed by atoms with Gasteiger partial charge in [-0.1, -0.05) is 45.7 Å². The van der Waals surface area contributed by atoms with Gasteiger partial charge in [-0.25, -0.2) is 9.78 Å². The van der Waals surface area contributed by atoms with Gasteiger partial charge in [0.15, 0.2) is 17.3 Å². The summed E-state index contributed by atoms with van der Waals surface area (Å²) in [5.74, 6) is 0.470. The summed E-state index contributed by atoms with van der Waals surface area (Å²) in [5, 5.41) is 17.6. The first-order valence-electron chi connectivity index (χ1n) is 10.3. The van der Waals surface area contributed by atoms with Crippen molar-refractivity contribution in [2.75, 3.05) is 7.11 Å². The topological polar surface area (TPSA) is 97.3 Å². The van der Waals surface area contributed by atoms with E-state index in [-0.39, 0.29) is 10.1 Å². The molecule has 0 saturated carbocycles. The first-order valence-corrected chi connectivity index (χ1v) is 12.3. The molecule has 10 heteroatoms. The van der Waals surface area contributed by atoms with Crippen LogP contribution < -0.4 is 9.47 Å². The highest BCUT2D eigenvalue weighted by Crippen LogP contribution is 2.32. The summed E-state index contributed by atoms with van der Waals surface area (Å²) < 4.78 is 12.3. The van der Waals surface area contributed by atoms with Crippen LogP contribution in [0.1, 0.15) is 11.1 Å². The molecule has 0 bridgehead atoms. The minimum Gasteiger partial charge on any atom is -0.493 e. The summed E-state index contributed by atoms with van der Waals surface area (Å²) in [6.07, 6.45) is 1.53. The monoisotopic (exact) mass is 571 g/mol. The zero-order valence-corrected chi connectivity index (χ0v) is 21.5. The van der Waals surface area contributed by atoms with Crippen LogP contribution in [0, 0.1) is 0 Å². The van der Waals surface area contributed by atoms with Crippen LogP contribution in [-0.2, 0) is 11.4 Å². The standard InChI is InChI=1S/C25H19BrClN3O4S/c1-33-21-12-16(4-11-20(21)34-14-15-2-7-18(26)8-3-15)13-22(24(31)32)35-25-28-23(29-30-25)17-5-9-19(27)10-6-17/h2-13H,14H2,1H3,(H,31,32)(H,28,29,30)/b22-13-. The molecular weight excluding hydrogens is 554 g/mol. The number of H-pyrrole nitrogens is 1. The number of nitrogens with one attached hydrogen (secondary N) is 1. The van der Waals surface area contributed by atoms with Gasteiger partial charge in [0.05, 0.1) is 7.11 Å². The van der Waals surface area contributed by atoms with Crippen LogP contribution in [0.2, 0.25) is 5.02 Å². The average molecular weight is 573 g/mol. The Hall–Kier alpha value is -3.27. The fraction of sp³-hybridized carbons (Fsp3) is 0.0800. The minimum atomic E-state index is -1.10. The number of aromatic nitrogens is 3. The first-order chi connectivity index (χ1) is 16.9. The Morgan fingerprint density at radius 1 is 1.11 bits per heavy atom. The molecule has 3 aromatic carbocycles. The highest BCUT2D eigenvalue weighted by atomic mass is 79.9. The molecule has 4 aromatic rings. The number of aromatic amines is 1. The normalized spacial score (nSPS) is 11.3. The highest BCUT2D eigenvalue weighted by Gasteiger charge is 2.15. The maximum absolute atomic E-state index is 11.9. The number of halogens is 2. The quantitative estimate of drug-likeness (QED) is 0.170. The van der Waals surface area contributed by atoms with E-state index >= 15 is 0 Å². The lowest BCUT2D eigenvalue weighted by Crippen LogP contribution is -1.99. The number of benzene rings is 3. The van der Waals surface area contributed by atoms with Gasteiger partial charge in [-0.2, -0.15) is 0 Å². The zero-order valence-electron chi connectivity index (χ0n) is 18.4. The number of carboxylic acids is 1. The lowest BCUT2D eigenvalue weighted by atomic mass is 10.2. The second-order valence-corrected chi connectivity index (χ2v) is 9.58. The second-order valence-electron chi connectivity index (χ2n) is 7.21. The maximum atomic E-state index is 11.9. The van der Waals surface area contributed by atoms with Gasteiger partial charge in [0.25, 0.3) is 0 Å². The third-order valence-electron chi connectivity index (χ3n) is 4.79. The molecule has 0 aliphatic rings. The summed E-state index contributed by atoms with van der Waals surface area (Å²) in [4.78, 5) is 16.3. The summed E-state index contributed by atoms with van der Waals surface area (Å²) in [7, 11) is 1.54. The Morgan fingerprint density at radius 3 is 2.54 bits per heavy atom. The predicted molar refractivity (Wildman–Crippen MR) is 140 cm³/mol. The van der Waals surface area contributed by atoms with Crippen molar-refractivity contribution in [2.45, 2.75) is 11.8 Å². The van der Waals surface area contributed by atoms with Crippen molar-refractivity contribution in [3.05, 3.63) is 92.3 Å². The number of nitrogens with zero attached hydrogens (tertiary/aromatic N) is 2. The Balaban J connectivity index is 1.50. The van der Waals surface area contributed by atoms with Crippen molar-refractivity contribution in [3.8, 4) is 22.9 Å². The number of hydrogen-bond acceptors (Lipinski definition) is 6. The van der Waals surface area contributed by atoms with E-state index in [4.69, 9.17) is 21.1 Å². The molecule has 35 heavy (non-hydrogen) atoms. The summed E-state index contributed by atoms with van der Waals surface area (Å²) >= 11 is 10.3. The lowest BCUT2D eigenvalue weighted by molar-refractivity contribution is -0.131. The molecule has 0 aliphatic carbocycles. The van der Waals surface area contributed by atoms with Crippen molar-refractivity contribution in [1.82, 2.24) is 15.2 Å². The van der Waals surface area contributed by atoms with E-state index in [1.165, 1.54) is 13.2 Å². The van der Waals surface area contributed by atoms with Crippen LogP contribution in [0.4, 0.5) is 0 Å². The van der Waals surface area contributed by atoms with Gasteiger partial charge >= 0.3 is 5.97 Å². The number of aliphatic carboxylic acids is 1. The van der Waals surface area contributed by atoms with Crippen LogP contribution in [0.25, 0.3) is 17.5 Å². The largest absolute Gasteiger partial charge is 0.493 e. The molecule has 2 N–H and O–H groups in total. The van der Waals surface area contributed by atoms with Crippen LogP contribution in [0.15, 0.2) is 81.3 Å². The molecule has 0 atom stereocenters. The van der Waals surface area contributed by atoms with Crippen LogP contribution in [0.5, 0.6) is 11.5 Å².